The number of carbonyl (C=O) groups is 1. The number of esters is 1. The molecule has 1 atom stereocenters. The van der Waals surface area contributed by atoms with Gasteiger partial charge in [-0.3, -0.25) is 9.36 Å². The Morgan fingerprint density at radius 2 is 1.72 bits per heavy atom. The van der Waals surface area contributed by atoms with E-state index in [0.717, 1.165) is 39.1 Å². The van der Waals surface area contributed by atoms with Crippen LogP contribution in [-0.4, -0.2) is 28.8 Å². The maximum Gasteiger partial charge on any atom is 0.338 e. The fourth-order valence-electron chi connectivity index (χ4n) is 6.24. The first-order valence-electron chi connectivity index (χ1n) is 15.7. The van der Waals surface area contributed by atoms with E-state index < -0.39 is 12.0 Å². The summed E-state index contributed by atoms with van der Waals surface area (Å²) in [5.74, 6) is 0.0805. The van der Waals surface area contributed by atoms with Gasteiger partial charge in [0.05, 0.1) is 29.5 Å². The minimum atomic E-state index is -0.767. The molecular weight excluding hydrogens is 674 g/mol. The first kappa shape index (κ1) is 32.5. The Bertz CT molecular complexity index is 2180. The van der Waals surface area contributed by atoms with Gasteiger partial charge in [0.1, 0.15) is 11.8 Å². The van der Waals surface area contributed by atoms with E-state index >= 15 is 0 Å². The van der Waals surface area contributed by atoms with Gasteiger partial charge in [-0.25, -0.2) is 9.79 Å². The lowest BCUT2D eigenvalue weighted by molar-refractivity contribution is -0.139. The summed E-state index contributed by atoms with van der Waals surface area (Å²) < 4.78 is 16.4. The van der Waals surface area contributed by atoms with Crippen molar-refractivity contribution >= 4 is 39.3 Å². The topological polar surface area (TPSA) is 74.8 Å². The Balaban J connectivity index is 1.50. The zero-order chi connectivity index (χ0) is 33.2. The first-order valence-corrected chi connectivity index (χ1v) is 17.3. The average Bonchev–Trinajstić information content (AvgIpc) is 3.54. The lowest BCUT2D eigenvalue weighted by Gasteiger charge is -2.27. The molecule has 0 saturated heterocycles. The molecule has 47 heavy (non-hydrogen) atoms. The number of halogens is 1. The number of rotatable bonds is 9. The Morgan fingerprint density at radius 3 is 2.40 bits per heavy atom. The monoisotopic (exact) mass is 709 g/mol. The van der Waals surface area contributed by atoms with Gasteiger partial charge < -0.3 is 14.0 Å². The van der Waals surface area contributed by atoms with Crippen molar-refractivity contribution in [2.45, 2.75) is 46.6 Å². The van der Waals surface area contributed by atoms with Gasteiger partial charge in [-0.15, -0.1) is 0 Å². The summed E-state index contributed by atoms with van der Waals surface area (Å²) in [6, 6.07) is 25.7. The number of aryl methyl sites for hydroxylation is 1. The molecule has 0 saturated carbocycles. The van der Waals surface area contributed by atoms with E-state index in [1.165, 1.54) is 16.9 Å². The maximum atomic E-state index is 14.4. The van der Waals surface area contributed by atoms with Crippen LogP contribution in [0, 0.1) is 13.8 Å². The van der Waals surface area contributed by atoms with Crippen LogP contribution in [0.25, 0.3) is 22.9 Å². The standard InChI is InChI=1S/C38H36BrN3O4S/c1-6-11-31-34(37(44)46-7-2)35(30-22-28(39)16-19-32(30)45-5)42-36(43)33(47-38(42)40-31)21-27-20-23(3)41(24(27)4)29-17-14-26(15-18-29)25-12-9-8-10-13-25/h8-10,12-22,35H,6-7,11H2,1-5H3/b33-21+/t35-/m1/s1. The number of aromatic nitrogens is 2. The van der Waals surface area contributed by atoms with Crippen molar-refractivity contribution in [3.8, 4) is 22.6 Å². The number of allylic oxidation sites excluding steroid dienone is 1. The number of hydrogen-bond donors (Lipinski definition) is 0. The maximum absolute atomic E-state index is 14.4. The van der Waals surface area contributed by atoms with Gasteiger partial charge in [-0.1, -0.05) is 83.1 Å². The van der Waals surface area contributed by atoms with Crippen molar-refractivity contribution in [3.63, 3.8) is 0 Å². The minimum absolute atomic E-state index is 0.207. The molecule has 0 unspecified atom stereocenters. The molecule has 1 aliphatic rings. The molecule has 9 heteroatoms. The highest BCUT2D eigenvalue weighted by molar-refractivity contribution is 9.10. The number of thiazole rings is 1. The Kier molecular flexibility index (Phi) is 9.47. The van der Waals surface area contributed by atoms with Crippen molar-refractivity contribution < 1.29 is 14.3 Å². The molecule has 0 N–H and O–H groups in total. The normalized spacial score (nSPS) is 14.6. The molecule has 7 nitrogen and oxygen atoms in total. The van der Waals surface area contributed by atoms with Crippen molar-refractivity contribution in [2.24, 2.45) is 4.99 Å². The third-order valence-corrected chi connectivity index (χ3v) is 9.84. The van der Waals surface area contributed by atoms with E-state index in [-0.39, 0.29) is 12.2 Å². The number of benzene rings is 3. The molecule has 6 rings (SSSR count). The van der Waals surface area contributed by atoms with E-state index in [1.807, 2.05) is 49.4 Å². The molecule has 0 fully saturated rings. The van der Waals surface area contributed by atoms with E-state index in [9.17, 15) is 9.59 Å². The molecule has 5 aromatic rings. The van der Waals surface area contributed by atoms with E-state index in [0.29, 0.717) is 38.3 Å². The summed E-state index contributed by atoms with van der Waals surface area (Å²) in [7, 11) is 1.59. The van der Waals surface area contributed by atoms with Gasteiger partial charge in [0.2, 0.25) is 0 Å². The summed E-state index contributed by atoms with van der Waals surface area (Å²) >= 11 is 4.91. The van der Waals surface area contributed by atoms with Gasteiger partial charge in [0.15, 0.2) is 4.80 Å². The summed E-state index contributed by atoms with van der Waals surface area (Å²) in [4.78, 5) is 33.4. The van der Waals surface area contributed by atoms with Crippen LogP contribution in [0.15, 0.2) is 104 Å². The van der Waals surface area contributed by atoms with Gasteiger partial charge in [0.25, 0.3) is 5.56 Å². The van der Waals surface area contributed by atoms with Gasteiger partial charge in [-0.05, 0) is 86.4 Å². The molecule has 2 aromatic heterocycles. The Morgan fingerprint density at radius 1 is 1.00 bits per heavy atom. The number of fused-ring (bicyclic) bond motifs is 1. The summed E-state index contributed by atoms with van der Waals surface area (Å²) in [6.07, 6.45) is 3.27. The molecule has 1 aliphatic heterocycles. The Hall–Kier alpha value is -4.47. The van der Waals surface area contributed by atoms with Crippen LogP contribution in [0.3, 0.4) is 0 Å². The third kappa shape index (κ3) is 6.17. The van der Waals surface area contributed by atoms with Crippen LogP contribution in [0.5, 0.6) is 5.75 Å². The highest BCUT2D eigenvalue weighted by atomic mass is 79.9. The second kappa shape index (κ2) is 13.7. The van der Waals surface area contributed by atoms with Crippen molar-refractivity contribution in [2.75, 3.05) is 13.7 Å². The summed E-state index contributed by atoms with van der Waals surface area (Å²) in [5, 5.41) is 0. The molecule has 3 heterocycles. The quantitative estimate of drug-likeness (QED) is 0.149. The smallest absolute Gasteiger partial charge is 0.338 e. The largest absolute Gasteiger partial charge is 0.496 e. The zero-order valence-corrected chi connectivity index (χ0v) is 29.4. The molecule has 3 aromatic carbocycles. The third-order valence-electron chi connectivity index (χ3n) is 8.37. The zero-order valence-electron chi connectivity index (χ0n) is 27.0. The highest BCUT2D eigenvalue weighted by Crippen LogP contribution is 2.38. The first-order chi connectivity index (χ1) is 22.7. The van der Waals surface area contributed by atoms with Crippen LogP contribution in [0.4, 0.5) is 0 Å². The predicted octanol–water partition coefficient (Wildman–Crippen LogP) is 7.42. The lowest BCUT2D eigenvalue weighted by Crippen LogP contribution is -2.40. The molecule has 0 spiro atoms. The molecule has 0 amide bonds. The van der Waals surface area contributed by atoms with E-state index in [1.54, 1.807) is 18.6 Å². The fourth-order valence-corrected chi connectivity index (χ4v) is 7.63. The molecule has 0 aliphatic carbocycles. The number of hydrogen-bond acceptors (Lipinski definition) is 6. The molecule has 0 radical (unpaired) electrons. The fraction of sp³-hybridized carbons (Fsp3) is 0.237. The van der Waals surface area contributed by atoms with Crippen molar-refractivity contribution in [1.82, 2.24) is 9.13 Å². The van der Waals surface area contributed by atoms with Crippen molar-refractivity contribution in [1.29, 1.82) is 0 Å². The van der Waals surface area contributed by atoms with Crippen LogP contribution in [0.2, 0.25) is 0 Å². The number of nitrogens with zero attached hydrogens (tertiary/aromatic N) is 3. The SMILES string of the molecule is CCCC1=C(C(=O)OCC)[C@@H](c2cc(Br)ccc2OC)n2c(s/c(=C/c3cc(C)n(-c4ccc(-c5ccccc5)cc4)c3C)c2=O)=N1. The predicted molar refractivity (Wildman–Crippen MR) is 191 cm³/mol. The second-order valence-corrected chi connectivity index (χ2v) is 13.3. The van der Waals surface area contributed by atoms with Crippen LogP contribution >= 0.6 is 27.3 Å². The number of methoxy groups -OCH3 is 1. The second-order valence-electron chi connectivity index (χ2n) is 11.4. The van der Waals surface area contributed by atoms with Crippen LogP contribution < -0.4 is 19.6 Å². The summed E-state index contributed by atoms with van der Waals surface area (Å²) in [5.41, 5.74) is 7.83. The van der Waals surface area contributed by atoms with Crippen molar-refractivity contribution in [3.05, 3.63) is 137 Å². The molecule has 240 valence electrons. The number of ether oxygens (including phenoxy) is 2. The lowest BCUT2D eigenvalue weighted by atomic mass is 9.93. The van der Waals surface area contributed by atoms with E-state index in [4.69, 9.17) is 14.5 Å². The Labute approximate surface area is 286 Å². The van der Waals surface area contributed by atoms with Gasteiger partial charge in [0, 0.05) is 27.1 Å². The molecule has 0 bridgehead atoms. The molecular formula is C38H36BrN3O4S. The number of carbonyl (C=O) groups excluding carboxylic acids is 1. The van der Waals surface area contributed by atoms with Gasteiger partial charge >= 0.3 is 5.97 Å². The van der Waals surface area contributed by atoms with Gasteiger partial charge in [-0.2, -0.15) is 0 Å². The van der Waals surface area contributed by atoms with Crippen LogP contribution in [-0.2, 0) is 9.53 Å². The van der Waals surface area contributed by atoms with E-state index in [2.05, 4.69) is 76.8 Å². The van der Waals surface area contributed by atoms with Crippen LogP contribution in [0.1, 0.15) is 55.2 Å². The highest BCUT2D eigenvalue weighted by Gasteiger charge is 2.36. The average molecular weight is 711 g/mol. The minimum Gasteiger partial charge on any atom is -0.496 e. The summed E-state index contributed by atoms with van der Waals surface area (Å²) in [6.45, 7) is 8.16.